The van der Waals surface area contributed by atoms with Crippen molar-refractivity contribution in [2.45, 2.75) is 31.6 Å². The summed E-state index contributed by atoms with van der Waals surface area (Å²) < 4.78 is 47.0. The van der Waals surface area contributed by atoms with E-state index in [4.69, 9.17) is 4.74 Å². The molecule has 0 radical (unpaired) electrons. The lowest BCUT2D eigenvalue weighted by molar-refractivity contribution is -0.385. The molecule has 0 saturated heterocycles. The molecule has 0 fully saturated rings. The second kappa shape index (κ2) is 9.63. The molecule has 10 nitrogen and oxygen atoms in total. The van der Waals surface area contributed by atoms with E-state index in [-0.39, 0.29) is 17.7 Å². The summed E-state index contributed by atoms with van der Waals surface area (Å²) in [5.41, 5.74) is 0.613. The number of esters is 1. The third-order valence-electron chi connectivity index (χ3n) is 5.18. The van der Waals surface area contributed by atoms with Crippen molar-refractivity contribution in [3.63, 3.8) is 0 Å². The normalized spacial score (nSPS) is 11.8. The van der Waals surface area contributed by atoms with Crippen LogP contribution < -0.4 is 4.74 Å². The topological polar surface area (TPSA) is 125 Å². The molecule has 0 amide bonds. The fourth-order valence-electron chi connectivity index (χ4n) is 3.43. The molecule has 0 aliphatic carbocycles. The Morgan fingerprint density at radius 1 is 1.21 bits per heavy atom. The Balaban J connectivity index is 1.79. The Labute approximate surface area is 189 Å². The average molecular weight is 479 g/mol. The van der Waals surface area contributed by atoms with Crippen molar-refractivity contribution in [3.8, 4) is 5.75 Å². The number of nitrogens with zero attached hydrogens (tertiary/aromatic N) is 4. The summed E-state index contributed by atoms with van der Waals surface area (Å²) in [6.45, 7) is 4.21. The van der Waals surface area contributed by atoms with E-state index in [0.717, 1.165) is 18.2 Å². The molecular weight excluding hydrogens is 455 g/mol. The number of ether oxygens (including phenoxy) is 1. The van der Waals surface area contributed by atoms with Crippen LogP contribution in [0.4, 0.5) is 10.1 Å². The number of nitro groups is 1. The van der Waals surface area contributed by atoms with Gasteiger partial charge in [-0.15, -0.1) is 0 Å². The second-order valence-corrected chi connectivity index (χ2v) is 9.11. The van der Waals surface area contributed by atoms with Crippen molar-refractivity contribution >= 4 is 32.7 Å². The maximum absolute atomic E-state index is 13.4. The first-order chi connectivity index (χ1) is 15.6. The number of aromatic nitrogens is 2. The molecule has 0 saturated carbocycles. The third kappa shape index (κ3) is 5.01. The highest BCUT2D eigenvalue weighted by Gasteiger charge is 2.23. The highest BCUT2D eigenvalue weighted by Crippen LogP contribution is 2.28. The van der Waals surface area contributed by atoms with Crippen LogP contribution in [0.15, 0.2) is 41.3 Å². The molecule has 0 spiro atoms. The van der Waals surface area contributed by atoms with Crippen LogP contribution in [-0.4, -0.2) is 46.3 Å². The van der Waals surface area contributed by atoms with Gasteiger partial charge in [-0.3, -0.25) is 14.9 Å². The van der Waals surface area contributed by atoms with E-state index in [1.807, 2.05) is 0 Å². The number of sulfonamides is 1. The summed E-state index contributed by atoms with van der Waals surface area (Å²) in [7, 11) is -1.92. The number of hydrogen-bond donors (Lipinski definition) is 0. The summed E-state index contributed by atoms with van der Waals surface area (Å²) in [4.78, 5) is 27.1. The van der Waals surface area contributed by atoms with Gasteiger partial charge in [-0.05, 0) is 24.3 Å². The number of rotatable bonds is 9. The lowest BCUT2D eigenvalue weighted by Gasteiger charge is -2.18. The van der Waals surface area contributed by atoms with Crippen molar-refractivity contribution in [3.05, 3.63) is 58.2 Å². The Hall–Kier alpha value is -3.38. The van der Waals surface area contributed by atoms with E-state index in [9.17, 15) is 27.7 Å². The standard InChI is InChI=1S/C21H23FN4O6S/c1-4-25(5-2)33(30,31)15-7-9-17-16(13-15)23-20(24(17)3)10-11-21(27)32-19-12-14(22)6-8-18(19)26(28)29/h6-9,12-13H,4-5,10-11H2,1-3H3. The van der Waals surface area contributed by atoms with Crippen LogP contribution in [-0.2, 0) is 28.3 Å². The number of imidazole rings is 1. The molecule has 1 aromatic heterocycles. The van der Waals surface area contributed by atoms with Gasteiger partial charge < -0.3 is 9.30 Å². The Morgan fingerprint density at radius 2 is 1.91 bits per heavy atom. The molecule has 12 heteroatoms. The summed E-state index contributed by atoms with van der Waals surface area (Å²) in [5, 5.41) is 11.0. The summed E-state index contributed by atoms with van der Waals surface area (Å²) in [6.07, 6.45) is -0.0410. The van der Waals surface area contributed by atoms with E-state index in [1.165, 1.54) is 16.4 Å². The lowest BCUT2D eigenvalue weighted by atomic mass is 10.2. The molecule has 0 aliphatic rings. The fourth-order valence-corrected chi connectivity index (χ4v) is 4.91. The van der Waals surface area contributed by atoms with Gasteiger partial charge in [0.1, 0.15) is 11.6 Å². The van der Waals surface area contributed by atoms with Crippen LogP contribution in [0.25, 0.3) is 11.0 Å². The molecular formula is C21H23FN4O6S. The van der Waals surface area contributed by atoms with Gasteiger partial charge in [0.05, 0.1) is 27.3 Å². The molecule has 0 N–H and O–H groups in total. The number of halogens is 1. The van der Waals surface area contributed by atoms with Gasteiger partial charge >= 0.3 is 11.7 Å². The zero-order valence-corrected chi connectivity index (χ0v) is 19.1. The fraction of sp³-hybridized carbons (Fsp3) is 0.333. The summed E-state index contributed by atoms with van der Waals surface area (Å²) >= 11 is 0. The maximum atomic E-state index is 13.4. The number of benzene rings is 2. The first-order valence-corrected chi connectivity index (χ1v) is 11.6. The first-order valence-electron chi connectivity index (χ1n) is 10.2. The largest absolute Gasteiger partial charge is 0.419 e. The number of hydrogen-bond acceptors (Lipinski definition) is 7. The quantitative estimate of drug-likeness (QED) is 0.200. The van der Waals surface area contributed by atoms with Crippen LogP contribution in [0.2, 0.25) is 0 Å². The molecule has 0 bridgehead atoms. The number of carbonyl (C=O) groups is 1. The van der Waals surface area contributed by atoms with Crippen molar-refractivity contribution in [2.24, 2.45) is 7.05 Å². The number of aryl methyl sites for hydroxylation is 2. The number of fused-ring (bicyclic) bond motifs is 1. The molecule has 1 heterocycles. The highest BCUT2D eigenvalue weighted by atomic mass is 32.2. The van der Waals surface area contributed by atoms with E-state index < -0.39 is 38.2 Å². The Morgan fingerprint density at radius 3 is 2.55 bits per heavy atom. The van der Waals surface area contributed by atoms with Gasteiger partial charge in [-0.1, -0.05) is 13.8 Å². The molecule has 2 aromatic carbocycles. The predicted octanol–water partition coefficient (Wildman–Crippen LogP) is 3.19. The van der Waals surface area contributed by atoms with Crippen LogP contribution in [0, 0.1) is 15.9 Å². The van der Waals surface area contributed by atoms with E-state index >= 15 is 0 Å². The van der Waals surface area contributed by atoms with Gasteiger partial charge in [0.2, 0.25) is 15.8 Å². The molecule has 3 aromatic rings. The monoisotopic (exact) mass is 478 g/mol. The smallest absolute Gasteiger partial charge is 0.311 e. The SMILES string of the molecule is CCN(CC)S(=O)(=O)c1ccc2c(c1)nc(CCC(=O)Oc1cc(F)ccc1[N+](=O)[O-])n2C. The minimum atomic E-state index is -3.65. The molecule has 0 aliphatic heterocycles. The van der Waals surface area contributed by atoms with E-state index in [0.29, 0.717) is 29.9 Å². The van der Waals surface area contributed by atoms with Gasteiger partial charge in [-0.25, -0.2) is 17.8 Å². The Kier molecular flexibility index (Phi) is 7.08. The van der Waals surface area contributed by atoms with E-state index in [1.54, 1.807) is 31.5 Å². The van der Waals surface area contributed by atoms with Crippen molar-refractivity contribution in [2.75, 3.05) is 13.1 Å². The zero-order chi connectivity index (χ0) is 24.3. The molecule has 0 atom stereocenters. The first kappa shape index (κ1) is 24.3. The van der Waals surface area contributed by atoms with Crippen LogP contribution in [0.3, 0.4) is 0 Å². The second-order valence-electron chi connectivity index (χ2n) is 7.17. The zero-order valence-electron chi connectivity index (χ0n) is 18.3. The summed E-state index contributed by atoms with van der Waals surface area (Å²) in [5.74, 6) is -1.54. The van der Waals surface area contributed by atoms with Gasteiger partial charge in [0.25, 0.3) is 0 Å². The molecule has 33 heavy (non-hydrogen) atoms. The van der Waals surface area contributed by atoms with Crippen molar-refractivity contribution < 1.29 is 27.3 Å². The van der Waals surface area contributed by atoms with Crippen LogP contribution in [0.5, 0.6) is 5.75 Å². The Bertz CT molecular complexity index is 1320. The van der Waals surface area contributed by atoms with Crippen molar-refractivity contribution in [1.82, 2.24) is 13.9 Å². The molecule has 3 rings (SSSR count). The predicted molar refractivity (Wildman–Crippen MR) is 118 cm³/mol. The maximum Gasteiger partial charge on any atom is 0.311 e. The van der Waals surface area contributed by atoms with Crippen molar-refractivity contribution in [1.29, 1.82) is 0 Å². The summed E-state index contributed by atoms with van der Waals surface area (Å²) in [6, 6.07) is 7.26. The minimum Gasteiger partial charge on any atom is -0.419 e. The number of nitro benzene ring substituents is 1. The highest BCUT2D eigenvalue weighted by molar-refractivity contribution is 7.89. The minimum absolute atomic E-state index is 0.126. The average Bonchev–Trinajstić information content (AvgIpc) is 3.07. The van der Waals surface area contributed by atoms with Gasteiger partial charge in [0, 0.05) is 38.7 Å². The van der Waals surface area contributed by atoms with Crippen LogP contribution >= 0.6 is 0 Å². The lowest BCUT2D eigenvalue weighted by Crippen LogP contribution is -2.30. The van der Waals surface area contributed by atoms with Gasteiger partial charge in [-0.2, -0.15) is 4.31 Å². The van der Waals surface area contributed by atoms with E-state index in [2.05, 4.69) is 4.98 Å². The molecule has 176 valence electrons. The molecule has 0 unspecified atom stereocenters. The third-order valence-corrected chi connectivity index (χ3v) is 7.23. The number of carbonyl (C=O) groups excluding carboxylic acids is 1. The van der Waals surface area contributed by atoms with Crippen LogP contribution in [0.1, 0.15) is 26.1 Å². The van der Waals surface area contributed by atoms with Gasteiger partial charge in [0.15, 0.2) is 0 Å².